The summed E-state index contributed by atoms with van der Waals surface area (Å²) < 4.78 is 0. The van der Waals surface area contributed by atoms with Crippen LogP contribution in [0.25, 0.3) is 0 Å². The van der Waals surface area contributed by atoms with Gasteiger partial charge in [0.1, 0.15) is 5.78 Å². The minimum Gasteiger partial charge on any atom is -0.299 e. The fourth-order valence-electron chi connectivity index (χ4n) is 2.07. The Morgan fingerprint density at radius 3 is 2.94 bits per heavy atom. The van der Waals surface area contributed by atoms with Crippen LogP contribution in [0.2, 0.25) is 0 Å². The number of ketones is 1. The summed E-state index contributed by atoms with van der Waals surface area (Å²) in [5, 5.41) is 3.03. The van der Waals surface area contributed by atoms with Gasteiger partial charge in [0.15, 0.2) is 0 Å². The van der Waals surface area contributed by atoms with Crippen molar-refractivity contribution in [3.05, 3.63) is 27.7 Å². The highest BCUT2D eigenvalue weighted by Gasteiger charge is 2.11. The van der Waals surface area contributed by atoms with Crippen LogP contribution in [-0.4, -0.2) is 10.8 Å². The van der Waals surface area contributed by atoms with E-state index in [1.165, 1.54) is 18.4 Å². The van der Waals surface area contributed by atoms with Crippen LogP contribution in [0.15, 0.2) is 17.0 Å². The average molecular weight is 235 g/mol. The van der Waals surface area contributed by atoms with Gasteiger partial charge in [-0.25, -0.2) is 4.98 Å². The zero-order valence-electron chi connectivity index (χ0n) is 9.66. The molecule has 0 aliphatic heterocycles. The van der Waals surface area contributed by atoms with Gasteiger partial charge in [-0.05, 0) is 32.6 Å². The van der Waals surface area contributed by atoms with Crippen molar-refractivity contribution in [1.29, 1.82) is 0 Å². The molecular formula is C13H17NOS. The zero-order valence-corrected chi connectivity index (χ0v) is 10.5. The van der Waals surface area contributed by atoms with E-state index in [2.05, 4.69) is 11.1 Å². The molecule has 0 N–H and O–H groups in total. The second-order valence-electron chi connectivity index (χ2n) is 4.36. The van der Waals surface area contributed by atoms with Crippen LogP contribution in [0.3, 0.4) is 0 Å². The highest BCUT2D eigenvalue weighted by atomic mass is 32.1. The molecule has 1 aliphatic carbocycles. The standard InChI is InChI=1S/C13H17NOS/c1-10-14-12(9-16-10)8-13(15)7-11-5-3-2-4-6-11/h5,9H,2-4,6-8H2,1H3. The lowest BCUT2D eigenvalue weighted by Gasteiger charge is -2.11. The molecule has 1 aliphatic rings. The van der Waals surface area contributed by atoms with E-state index < -0.39 is 0 Å². The van der Waals surface area contributed by atoms with Gasteiger partial charge in [-0.1, -0.05) is 11.6 Å². The van der Waals surface area contributed by atoms with Crippen molar-refractivity contribution < 1.29 is 4.79 Å². The third-order valence-corrected chi connectivity index (χ3v) is 3.68. The number of rotatable bonds is 4. The molecule has 3 heteroatoms. The fraction of sp³-hybridized carbons (Fsp3) is 0.538. The Balaban J connectivity index is 1.86. The number of thiazole rings is 1. The molecule has 2 rings (SSSR count). The van der Waals surface area contributed by atoms with Crippen LogP contribution >= 0.6 is 11.3 Å². The first kappa shape index (κ1) is 11.5. The van der Waals surface area contributed by atoms with Crippen LogP contribution < -0.4 is 0 Å². The summed E-state index contributed by atoms with van der Waals surface area (Å²) in [7, 11) is 0. The number of allylic oxidation sites excluding steroid dienone is 2. The predicted octanol–water partition coefficient (Wildman–Crippen LogP) is 3.45. The molecule has 86 valence electrons. The zero-order chi connectivity index (χ0) is 11.4. The quantitative estimate of drug-likeness (QED) is 0.748. The molecule has 0 saturated carbocycles. The van der Waals surface area contributed by atoms with Gasteiger partial charge >= 0.3 is 0 Å². The van der Waals surface area contributed by atoms with Crippen molar-refractivity contribution in [2.75, 3.05) is 0 Å². The number of carbonyl (C=O) groups is 1. The fourth-order valence-corrected chi connectivity index (χ4v) is 2.68. The third-order valence-electron chi connectivity index (χ3n) is 2.85. The van der Waals surface area contributed by atoms with E-state index in [1.807, 2.05) is 12.3 Å². The van der Waals surface area contributed by atoms with Crippen LogP contribution in [0.1, 0.15) is 42.8 Å². The molecule has 0 bridgehead atoms. The van der Waals surface area contributed by atoms with Crippen molar-refractivity contribution in [2.45, 2.75) is 45.4 Å². The Bertz CT molecular complexity index is 406. The summed E-state index contributed by atoms with van der Waals surface area (Å²) in [6.45, 7) is 1.97. The summed E-state index contributed by atoms with van der Waals surface area (Å²) in [6.07, 6.45) is 8.17. The summed E-state index contributed by atoms with van der Waals surface area (Å²) in [6, 6.07) is 0. The molecule has 16 heavy (non-hydrogen) atoms. The molecule has 0 saturated heterocycles. The number of Topliss-reactive ketones (excluding diaryl/α,β-unsaturated/α-hetero) is 1. The van der Waals surface area contributed by atoms with Crippen molar-refractivity contribution in [3.63, 3.8) is 0 Å². The van der Waals surface area contributed by atoms with E-state index in [-0.39, 0.29) is 0 Å². The largest absolute Gasteiger partial charge is 0.299 e. The van der Waals surface area contributed by atoms with E-state index in [9.17, 15) is 4.79 Å². The number of carbonyl (C=O) groups excluding carboxylic acids is 1. The maximum absolute atomic E-state index is 11.8. The Labute approximate surface area is 100 Å². The van der Waals surface area contributed by atoms with Crippen molar-refractivity contribution in [2.24, 2.45) is 0 Å². The van der Waals surface area contributed by atoms with Crippen molar-refractivity contribution >= 4 is 17.1 Å². The first-order chi connectivity index (χ1) is 7.74. The second kappa shape index (κ2) is 5.39. The van der Waals surface area contributed by atoms with Gasteiger partial charge in [0.25, 0.3) is 0 Å². The molecule has 0 amide bonds. The summed E-state index contributed by atoms with van der Waals surface area (Å²) in [4.78, 5) is 16.1. The summed E-state index contributed by atoms with van der Waals surface area (Å²) in [5.74, 6) is 0.304. The van der Waals surface area contributed by atoms with Crippen LogP contribution in [-0.2, 0) is 11.2 Å². The smallest absolute Gasteiger partial charge is 0.142 e. The number of aryl methyl sites for hydroxylation is 1. The van der Waals surface area contributed by atoms with Gasteiger partial charge < -0.3 is 0 Å². The molecule has 0 fully saturated rings. The van der Waals surface area contributed by atoms with Crippen molar-refractivity contribution in [3.8, 4) is 0 Å². The van der Waals surface area contributed by atoms with E-state index >= 15 is 0 Å². The molecule has 0 spiro atoms. The molecule has 0 radical (unpaired) electrons. The first-order valence-electron chi connectivity index (χ1n) is 5.84. The second-order valence-corrected chi connectivity index (χ2v) is 5.42. The summed E-state index contributed by atoms with van der Waals surface area (Å²) >= 11 is 1.61. The molecule has 1 aromatic heterocycles. The third kappa shape index (κ3) is 3.27. The first-order valence-corrected chi connectivity index (χ1v) is 6.72. The number of aromatic nitrogens is 1. The van der Waals surface area contributed by atoms with Crippen LogP contribution in [0.5, 0.6) is 0 Å². The summed E-state index contributed by atoms with van der Waals surface area (Å²) in [5.41, 5.74) is 2.27. The van der Waals surface area contributed by atoms with Gasteiger partial charge in [0, 0.05) is 18.2 Å². The number of nitrogens with zero attached hydrogens (tertiary/aromatic N) is 1. The van der Waals surface area contributed by atoms with Crippen LogP contribution in [0, 0.1) is 6.92 Å². The van der Waals surface area contributed by atoms with E-state index in [0.29, 0.717) is 18.6 Å². The minimum atomic E-state index is 0.304. The van der Waals surface area contributed by atoms with Crippen molar-refractivity contribution in [1.82, 2.24) is 4.98 Å². The molecule has 2 nitrogen and oxygen atoms in total. The Kier molecular flexibility index (Phi) is 3.88. The SMILES string of the molecule is Cc1nc(CC(=O)CC2=CCCCC2)cs1. The van der Waals surface area contributed by atoms with E-state index in [0.717, 1.165) is 23.5 Å². The number of hydrogen-bond donors (Lipinski definition) is 0. The van der Waals surface area contributed by atoms with Gasteiger partial charge in [-0.3, -0.25) is 4.79 Å². The number of hydrogen-bond acceptors (Lipinski definition) is 3. The topological polar surface area (TPSA) is 30.0 Å². The lowest BCUT2D eigenvalue weighted by Crippen LogP contribution is -2.06. The Morgan fingerprint density at radius 1 is 1.44 bits per heavy atom. The maximum Gasteiger partial charge on any atom is 0.142 e. The van der Waals surface area contributed by atoms with Gasteiger partial charge in [-0.15, -0.1) is 11.3 Å². The molecule has 0 unspecified atom stereocenters. The van der Waals surface area contributed by atoms with Gasteiger partial charge in [0.2, 0.25) is 0 Å². The lowest BCUT2D eigenvalue weighted by atomic mass is 9.95. The average Bonchev–Trinajstić information content (AvgIpc) is 2.65. The van der Waals surface area contributed by atoms with Gasteiger partial charge in [-0.2, -0.15) is 0 Å². The molecule has 0 atom stereocenters. The Morgan fingerprint density at radius 2 is 2.31 bits per heavy atom. The Hall–Kier alpha value is -0.960. The monoisotopic (exact) mass is 235 g/mol. The highest BCUT2D eigenvalue weighted by molar-refractivity contribution is 7.09. The minimum absolute atomic E-state index is 0.304. The molecular weight excluding hydrogens is 218 g/mol. The normalized spacial score (nSPS) is 15.9. The molecule has 0 aromatic carbocycles. The molecule has 1 heterocycles. The lowest BCUT2D eigenvalue weighted by molar-refractivity contribution is -0.117. The van der Waals surface area contributed by atoms with Gasteiger partial charge in [0.05, 0.1) is 10.7 Å². The predicted molar refractivity (Wildman–Crippen MR) is 66.7 cm³/mol. The van der Waals surface area contributed by atoms with E-state index in [1.54, 1.807) is 11.3 Å². The highest BCUT2D eigenvalue weighted by Crippen LogP contribution is 2.21. The van der Waals surface area contributed by atoms with Crippen LogP contribution in [0.4, 0.5) is 0 Å². The maximum atomic E-state index is 11.8. The van der Waals surface area contributed by atoms with E-state index in [4.69, 9.17) is 0 Å². The molecule has 1 aromatic rings.